The number of nitrogens with one attached hydrogen (secondary N) is 1. The Morgan fingerprint density at radius 1 is 1.39 bits per heavy atom. The molecule has 1 aromatic heterocycles. The maximum atomic E-state index is 4.83. The molecule has 0 aliphatic rings. The van der Waals surface area contributed by atoms with Gasteiger partial charge in [0.2, 0.25) is 0 Å². The lowest BCUT2D eigenvalue weighted by Crippen LogP contribution is -2.22. The van der Waals surface area contributed by atoms with Gasteiger partial charge in [-0.15, -0.1) is 11.3 Å². The van der Waals surface area contributed by atoms with E-state index < -0.39 is 0 Å². The van der Waals surface area contributed by atoms with Crippen LogP contribution in [0, 0.1) is 0 Å². The minimum absolute atomic E-state index is 0.156. The predicted octanol–water partition coefficient (Wildman–Crippen LogP) is 4.23. The molecule has 0 amide bonds. The van der Waals surface area contributed by atoms with Crippen LogP contribution in [0.25, 0.3) is 0 Å². The Kier molecular flexibility index (Phi) is 6.67. The third-order valence-corrected chi connectivity index (χ3v) is 4.69. The van der Waals surface area contributed by atoms with Crippen molar-refractivity contribution >= 4 is 23.1 Å². The quantitative estimate of drug-likeness (QED) is 0.759. The third-order valence-electron chi connectivity index (χ3n) is 2.79. The highest BCUT2D eigenvalue weighted by molar-refractivity contribution is 7.99. The van der Waals surface area contributed by atoms with Gasteiger partial charge in [0.25, 0.3) is 0 Å². The molecule has 104 valence electrons. The van der Waals surface area contributed by atoms with Gasteiger partial charge in [0, 0.05) is 10.8 Å². The smallest absolute Gasteiger partial charge is 0.110 e. The zero-order valence-corrected chi connectivity index (χ0v) is 13.9. The van der Waals surface area contributed by atoms with E-state index in [-0.39, 0.29) is 5.41 Å². The number of aromatic nitrogens is 1. The molecule has 0 aliphatic carbocycles. The number of hydrogen-bond acceptors (Lipinski definition) is 4. The number of rotatable bonds is 7. The lowest BCUT2D eigenvalue weighted by atomic mass is 9.93. The van der Waals surface area contributed by atoms with Gasteiger partial charge in [0.15, 0.2) is 0 Å². The molecule has 0 radical (unpaired) electrons. The second-order valence-corrected chi connectivity index (χ2v) is 7.70. The Hall–Kier alpha value is -0.0600. The molecule has 0 bridgehead atoms. The van der Waals surface area contributed by atoms with Crippen molar-refractivity contribution in [2.45, 2.75) is 52.5 Å². The number of hydrogen-bond donors (Lipinski definition) is 1. The molecule has 1 N–H and O–H groups in total. The van der Waals surface area contributed by atoms with Gasteiger partial charge in [0.1, 0.15) is 5.01 Å². The topological polar surface area (TPSA) is 24.9 Å². The molecule has 18 heavy (non-hydrogen) atoms. The van der Waals surface area contributed by atoms with Crippen LogP contribution < -0.4 is 5.32 Å². The van der Waals surface area contributed by atoms with Gasteiger partial charge in [-0.3, -0.25) is 0 Å². The van der Waals surface area contributed by atoms with Gasteiger partial charge in [-0.1, -0.05) is 34.6 Å². The van der Waals surface area contributed by atoms with Crippen LogP contribution in [0.3, 0.4) is 0 Å². The molecule has 1 aromatic rings. The van der Waals surface area contributed by atoms with Crippen LogP contribution in [0.4, 0.5) is 0 Å². The van der Waals surface area contributed by atoms with E-state index in [1.807, 2.05) is 11.8 Å². The van der Waals surface area contributed by atoms with E-state index in [0.29, 0.717) is 6.04 Å². The lowest BCUT2D eigenvalue weighted by Gasteiger charge is -2.17. The van der Waals surface area contributed by atoms with E-state index in [4.69, 9.17) is 4.98 Å². The molecule has 2 nitrogen and oxygen atoms in total. The highest BCUT2D eigenvalue weighted by Gasteiger charge is 2.20. The van der Waals surface area contributed by atoms with Gasteiger partial charge in [-0.2, -0.15) is 11.8 Å². The summed E-state index contributed by atoms with van der Waals surface area (Å²) >= 11 is 3.81. The maximum absolute atomic E-state index is 4.83. The Balaban J connectivity index is 2.70. The molecule has 0 fully saturated rings. The van der Waals surface area contributed by atoms with Gasteiger partial charge < -0.3 is 5.32 Å². The van der Waals surface area contributed by atoms with Crippen LogP contribution in [0.2, 0.25) is 0 Å². The molecule has 0 aromatic carbocycles. The molecule has 1 atom stereocenters. The Morgan fingerprint density at radius 3 is 2.61 bits per heavy atom. The first-order valence-electron chi connectivity index (χ1n) is 6.76. The van der Waals surface area contributed by atoms with E-state index >= 15 is 0 Å². The fraction of sp³-hybridized carbons (Fsp3) is 0.786. The summed E-state index contributed by atoms with van der Waals surface area (Å²) in [5.74, 6) is 2.41. The van der Waals surface area contributed by atoms with Crippen LogP contribution in [0.15, 0.2) is 5.38 Å². The minimum Gasteiger partial charge on any atom is -0.308 e. The molecular formula is C14H26N2S2. The molecular weight excluding hydrogens is 260 g/mol. The van der Waals surface area contributed by atoms with E-state index in [0.717, 1.165) is 6.54 Å². The maximum Gasteiger partial charge on any atom is 0.110 e. The summed E-state index contributed by atoms with van der Waals surface area (Å²) in [5.41, 5.74) is 1.37. The number of thiazole rings is 1. The summed E-state index contributed by atoms with van der Waals surface area (Å²) in [4.78, 5) is 4.83. The largest absolute Gasteiger partial charge is 0.308 e. The van der Waals surface area contributed by atoms with Crippen LogP contribution in [-0.2, 0) is 5.41 Å². The standard InChI is InChI=1S/C14H26N2S2/c1-6-15-11(8-9-17-7-2)13-16-12(10-18-13)14(3,4)5/h10-11,15H,6-9H2,1-5H3. The SMILES string of the molecule is CCNC(CCSCC)c1nc(C(C)(C)C)cs1. The van der Waals surface area contributed by atoms with E-state index in [1.54, 1.807) is 11.3 Å². The zero-order chi connectivity index (χ0) is 13.6. The van der Waals surface area contributed by atoms with E-state index in [1.165, 1.54) is 28.6 Å². The van der Waals surface area contributed by atoms with Crippen molar-refractivity contribution in [1.82, 2.24) is 10.3 Å². The predicted molar refractivity (Wildman–Crippen MR) is 84.8 cm³/mol. The molecule has 0 saturated carbocycles. The number of nitrogens with zero attached hydrogens (tertiary/aromatic N) is 1. The summed E-state index contributed by atoms with van der Waals surface area (Å²) in [5, 5.41) is 7.02. The summed E-state index contributed by atoms with van der Waals surface area (Å²) in [6.45, 7) is 12.1. The van der Waals surface area contributed by atoms with Gasteiger partial charge in [-0.05, 0) is 24.5 Å². The molecule has 0 spiro atoms. The first-order chi connectivity index (χ1) is 8.49. The van der Waals surface area contributed by atoms with Gasteiger partial charge in [0.05, 0.1) is 11.7 Å². The average Bonchev–Trinajstić information content (AvgIpc) is 2.77. The normalized spacial score (nSPS) is 13.8. The second-order valence-electron chi connectivity index (χ2n) is 5.42. The molecule has 1 heterocycles. The highest BCUT2D eigenvalue weighted by Crippen LogP contribution is 2.28. The van der Waals surface area contributed by atoms with Crippen LogP contribution in [0.1, 0.15) is 57.8 Å². The minimum atomic E-state index is 0.156. The Bertz CT molecular complexity index is 342. The molecule has 1 unspecified atom stereocenters. The summed E-state index contributed by atoms with van der Waals surface area (Å²) in [7, 11) is 0. The zero-order valence-electron chi connectivity index (χ0n) is 12.2. The van der Waals surface area contributed by atoms with E-state index in [9.17, 15) is 0 Å². The first kappa shape index (κ1) is 16.0. The van der Waals surface area contributed by atoms with Crippen molar-refractivity contribution in [3.8, 4) is 0 Å². The van der Waals surface area contributed by atoms with E-state index in [2.05, 4.69) is 45.3 Å². The van der Waals surface area contributed by atoms with Crippen molar-refractivity contribution < 1.29 is 0 Å². The fourth-order valence-corrected chi connectivity index (χ4v) is 3.54. The van der Waals surface area contributed by atoms with Crippen molar-refractivity contribution in [1.29, 1.82) is 0 Å². The lowest BCUT2D eigenvalue weighted by molar-refractivity contribution is 0.525. The Labute approximate surface area is 120 Å². The Morgan fingerprint density at radius 2 is 2.11 bits per heavy atom. The third kappa shape index (κ3) is 4.90. The average molecular weight is 287 g/mol. The molecule has 4 heteroatoms. The monoisotopic (exact) mass is 286 g/mol. The highest BCUT2D eigenvalue weighted by atomic mass is 32.2. The summed E-state index contributed by atoms with van der Waals surface area (Å²) in [6, 6.07) is 0.426. The molecule has 1 rings (SSSR count). The van der Waals surface area contributed by atoms with Crippen LogP contribution >= 0.6 is 23.1 Å². The van der Waals surface area contributed by atoms with Gasteiger partial charge >= 0.3 is 0 Å². The second kappa shape index (κ2) is 7.51. The molecule has 0 saturated heterocycles. The first-order valence-corrected chi connectivity index (χ1v) is 8.79. The van der Waals surface area contributed by atoms with Crippen molar-refractivity contribution in [2.75, 3.05) is 18.1 Å². The van der Waals surface area contributed by atoms with Crippen molar-refractivity contribution in [3.63, 3.8) is 0 Å². The summed E-state index contributed by atoms with van der Waals surface area (Å²) in [6.07, 6.45) is 1.17. The van der Waals surface area contributed by atoms with Gasteiger partial charge in [-0.25, -0.2) is 4.98 Å². The number of thioether (sulfide) groups is 1. The van der Waals surface area contributed by atoms with Crippen LogP contribution in [-0.4, -0.2) is 23.0 Å². The molecule has 0 aliphatic heterocycles. The van der Waals surface area contributed by atoms with Crippen molar-refractivity contribution in [3.05, 3.63) is 16.1 Å². The van der Waals surface area contributed by atoms with Crippen molar-refractivity contribution in [2.24, 2.45) is 0 Å². The summed E-state index contributed by atoms with van der Waals surface area (Å²) < 4.78 is 0. The fourth-order valence-electron chi connectivity index (χ4n) is 1.70. The van der Waals surface area contributed by atoms with Crippen LogP contribution in [0.5, 0.6) is 0 Å².